The third-order valence-corrected chi connectivity index (χ3v) is 7.13. The van der Waals surface area contributed by atoms with Crippen LogP contribution in [-0.2, 0) is 29.5 Å². The molecule has 166 valence electrons. The maximum absolute atomic E-state index is 12.8. The summed E-state index contributed by atoms with van der Waals surface area (Å²) < 4.78 is 70.0. The molecule has 30 heavy (non-hydrogen) atoms. The minimum Gasteiger partial charge on any atom is -0.497 e. The van der Waals surface area contributed by atoms with Crippen LogP contribution in [0.4, 0.5) is 0 Å². The van der Waals surface area contributed by atoms with Crippen molar-refractivity contribution in [1.29, 1.82) is 0 Å². The second kappa shape index (κ2) is 10.8. The molecule has 0 aliphatic rings. The lowest BCUT2D eigenvalue weighted by molar-refractivity contribution is 0.204. The first-order valence-corrected chi connectivity index (χ1v) is 12.0. The summed E-state index contributed by atoms with van der Waals surface area (Å²) in [5.41, 5.74) is 0.956. The zero-order valence-electron chi connectivity index (χ0n) is 17.0. The molecule has 2 aromatic rings. The van der Waals surface area contributed by atoms with E-state index in [9.17, 15) is 16.8 Å². The van der Waals surface area contributed by atoms with Gasteiger partial charge in [0, 0.05) is 38.9 Å². The molecule has 0 atom stereocenters. The van der Waals surface area contributed by atoms with Crippen LogP contribution in [0, 0.1) is 0 Å². The van der Waals surface area contributed by atoms with Crippen LogP contribution in [-0.4, -0.2) is 64.5 Å². The van der Waals surface area contributed by atoms with E-state index in [0.29, 0.717) is 16.9 Å². The minimum atomic E-state index is -3.85. The van der Waals surface area contributed by atoms with Gasteiger partial charge in [-0.1, -0.05) is 12.1 Å². The Labute approximate surface area is 177 Å². The SMILES string of the molecule is COCCNS(=O)(=O)c1ccc(-c2ccc(OC)cc2S(=O)(=O)NCCOC)cc1. The quantitative estimate of drug-likeness (QED) is 0.459. The molecule has 0 aliphatic heterocycles. The number of rotatable bonds is 12. The fourth-order valence-electron chi connectivity index (χ4n) is 2.62. The number of hydrogen-bond acceptors (Lipinski definition) is 7. The minimum absolute atomic E-state index is 0.0202. The van der Waals surface area contributed by atoms with Gasteiger partial charge in [0.05, 0.1) is 30.1 Å². The fraction of sp³-hybridized carbons (Fsp3) is 0.368. The summed E-state index contributed by atoms with van der Waals surface area (Å²) in [7, 11) is -3.14. The third-order valence-electron chi connectivity index (χ3n) is 4.15. The number of sulfonamides is 2. The summed E-state index contributed by atoms with van der Waals surface area (Å²) in [6.45, 7) is 0.732. The average molecular weight is 459 g/mol. The average Bonchev–Trinajstić information content (AvgIpc) is 2.73. The predicted molar refractivity (Wildman–Crippen MR) is 113 cm³/mol. The van der Waals surface area contributed by atoms with Crippen molar-refractivity contribution in [3.8, 4) is 16.9 Å². The highest BCUT2D eigenvalue weighted by Crippen LogP contribution is 2.31. The topological polar surface area (TPSA) is 120 Å². The Kier molecular flexibility index (Phi) is 8.77. The predicted octanol–water partition coefficient (Wildman–Crippen LogP) is 1.21. The van der Waals surface area contributed by atoms with Crippen LogP contribution < -0.4 is 14.2 Å². The molecular formula is C19H26N2O7S2. The summed E-state index contributed by atoms with van der Waals surface area (Å²) in [6.07, 6.45) is 0. The second-order valence-corrected chi connectivity index (χ2v) is 9.67. The lowest BCUT2D eigenvalue weighted by Crippen LogP contribution is -2.27. The molecule has 9 nitrogen and oxygen atoms in total. The van der Waals surface area contributed by atoms with Crippen molar-refractivity contribution in [2.75, 3.05) is 47.6 Å². The first-order chi connectivity index (χ1) is 14.2. The van der Waals surface area contributed by atoms with Crippen LogP contribution in [0.2, 0.25) is 0 Å². The maximum Gasteiger partial charge on any atom is 0.241 e. The molecule has 0 aromatic heterocycles. The fourth-order valence-corrected chi connectivity index (χ4v) is 4.89. The van der Waals surface area contributed by atoms with Gasteiger partial charge in [-0.2, -0.15) is 0 Å². The zero-order valence-corrected chi connectivity index (χ0v) is 18.7. The zero-order chi connectivity index (χ0) is 22.2. The first kappa shape index (κ1) is 24.3. The van der Waals surface area contributed by atoms with Crippen molar-refractivity contribution in [3.63, 3.8) is 0 Å². The first-order valence-electron chi connectivity index (χ1n) is 9.01. The van der Waals surface area contributed by atoms with Gasteiger partial charge in [-0.05, 0) is 29.8 Å². The largest absolute Gasteiger partial charge is 0.497 e. The van der Waals surface area contributed by atoms with Gasteiger partial charge in [0.2, 0.25) is 20.0 Å². The van der Waals surface area contributed by atoms with Crippen molar-refractivity contribution in [2.45, 2.75) is 9.79 Å². The van der Waals surface area contributed by atoms with Crippen LogP contribution in [0.3, 0.4) is 0 Å². The summed E-state index contributed by atoms with van der Waals surface area (Å²) in [5, 5.41) is 0. The van der Waals surface area contributed by atoms with Crippen molar-refractivity contribution in [2.24, 2.45) is 0 Å². The van der Waals surface area contributed by atoms with Gasteiger partial charge in [-0.25, -0.2) is 26.3 Å². The highest BCUT2D eigenvalue weighted by molar-refractivity contribution is 7.89. The van der Waals surface area contributed by atoms with E-state index in [-0.39, 0.29) is 36.1 Å². The lowest BCUT2D eigenvalue weighted by Gasteiger charge is -2.14. The Hall–Kier alpha value is -2.02. The van der Waals surface area contributed by atoms with Crippen molar-refractivity contribution < 1.29 is 31.0 Å². The van der Waals surface area contributed by atoms with E-state index in [1.807, 2.05) is 0 Å². The maximum atomic E-state index is 12.8. The smallest absolute Gasteiger partial charge is 0.241 e. The Morgan fingerprint density at radius 3 is 1.87 bits per heavy atom. The summed E-state index contributed by atoms with van der Waals surface area (Å²) in [5.74, 6) is 0.382. The number of methoxy groups -OCH3 is 3. The van der Waals surface area contributed by atoms with Gasteiger partial charge in [0.1, 0.15) is 5.75 Å². The summed E-state index contributed by atoms with van der Waals surface area (Å²) in [6, 6.07) is 10.6. The number of hydrogen-bond donors (Lipinski definition) is 2. The van der Waals surface area contributed by atoms with Crippen molar-refractivity contribution in [3.05, 3.63) is 42.5 Å². The molecule has 0 unspecified atom stereocenters. The van der Waals surface area contributed by atoms with Gasteiger partial charge in [0.25, 0.3) is 0 Å². The lowest BCUT2D eigenvalue weighted by atomic mass is 10.1. The van der Waals surface area contributed by atoms with Gasteiger partial charge in [-0.15, -0.1) is 0 Å². The van der Waals surface area contributed by atoms with E-state index < -0.39 is 20.0 Å². The van der Waals surface area contributed by atoms with Gasteiger partial charge in [-0.3, -0.25) is 0 Å². The monoisotopic (exact) mass is 458 g/mol. The highest BCUT2D eigenvalue weighted by atomic mass is 32.2. The van der Waals surface area contributed by atoms with E-state index in [4.69, 9.17) is 14.2 Å². The van der Waals surface area contributed by atoms with E-state index in [0.717, 1.165) is 0 Å². The van der Waals surface area contributed by atoms with Crippen LogP contribution in [0.1, 0.15) is 0 Å². The Bertz CT molecular complexity index is 1040. The molecule has 2 rings (SSSR count). The van der Waals surface area contributed by atoms with E-state index in [2.05, 4.69) is 9.44 Å². The third kappa shape index (κ3) is 6.24. The molecule has 0 amide bonds. The molecule has 0 bridgehead atoms. The Balaban J connectivity index is 2.39. The van der Waals surface area contributed by atoms with Gasteiger partial charge >= 0.3 is 0 Å². The molecule has 0 fully saturated rings. The number of benzene rings is 2. The molecule has 2 aromatic carbocycles. The van der Waals surface area contributed by atoms with Crippen LogP contribution >= 0.6 is 0 Å². The van der Waals surface area contributed by atoms with Gasteiger partial charge < -0.3 is 14.2 Å². The molecule has 0 saturated carbocycles. The molecule has 0 saturated heterocycles. The van der Waals surface area contributed by atoms with E-state index >= 15 is 0 Å². The molecule has 0 spiro atoms. The molecular weight excluding hydrogens is 432 g/mol. The Morgan fingerprint density at radius 1 is 0.767 bits per heavy atom. The molecule has 0 aliphatic carbocycles. The van der Waals surface area contributed by atoms with Crippen molar-refractivity contribution >= 4 is 20.0 Å². The number of nitrogens with one attached hydrogen (secondary N) is 2. The van der Waals surface area contributed by atoms with Crippen LogP contribution in [0.15, 0.2) is 52.3 Å². The van der Waals surface area contributed by atoms with E-state index in [1.54, 1.807) is 24.3 Å². The Morgan fingerprint density at radius 2 is 1.33 bits per heavy atom. The molecule has 0 radical (unpaired) electrons. The van der Waals surface area contributed by atoms with Gasteiger partial charge in [0.15, 0.2) is 0 Å². The second-order valence-electron chi connectivity index (χ2n) is 6.17. The van der Waals surface area contributed by atoms with Crippen LogP contribution in [0.25, 0.3) is 11.1 Å². The molecule has 0 heterocycles. The summed E-state index contributed by atoms with van der Waals surface area (Å²) >= 11 is 0. The van der Waals surface area contributed by atoms with E-state index in [1.165, 1.54) is 39.5 Å². The van der Waals surface area contributed by atoms with Crippen LogP contribution in [0.5, 0.6) is 5.75 Å². The normalized spacial score (nSPS) is 12.1. The highest BCUT2D eigenvalue weighted by Gasteiger charge is 2.21. The molecule has 11 heteroatoms. The molecule has 2 N–H and O–H groups in total. The van der Waals surface area contributed by atoms with Crippen molar-refractivity contribution in [1.82, 2.24) is 9.44 Å². The number of ether oxygens (including phenoxy) is 3. The summed E-state index contributed by atoms with van der Waals surface area (Å²) in [4.78, 5) is 0.0882. The standard InChI is InChI=1S/C19H26N2O7S2/c1-26-12-10-20-29(22,23)17-7-4-15(5-8-17)18-9-6-16(28-3)14-19(18)30(24,25)21-11-13-27-2/h4-9,14,20-21H,10-13H2,1-3H3.